The number of carbonyl (C=O) groups is 1. The molecule has 4 heteroatoms. The lowest BCUT2D eigenvalue weighted by Crippen LogP contribution is -2.45. The summed E-state index contributed by atoms with van der Waals surface area (Å²) in [7, 11) is 0. The van der Waals surface area contributed by atoms with Crippen LogP contribution in [0.2, 0.25) is 0 Å². The normalized spacial score (nSPS) is 15.8. The average Bonchev–Trinajstić information content (AvgIpc) is 2.95. The molecule has 1 rings (SSSR count). The molecule has 230 valence electrons. The lowest BCUT2D eigenvalue weighted by molar-refractivity contribution is -0.0314. The van der Waals surface area contributed by atoms with E-state index >= 15 is 0 Å². The maximum atomic E-state index is 12.5. The van der Waals surface area contributed by atoms with Gasteiger partial charge in [0.05, 0.1) is 25.9 Å². The summed E-state index contributed by atoms with van der Waals surface area (Å²) in [5.74, 6) is 0. The summed E-state index contributed by atoms with van der Waals surface area (Å²) in [6.07, 6.45) is 37.5. The molecule has 0 radical (unpaired) electrons. The standard InChI is InChI=1S/C35H67NO3/c1-3-5-7-9-11-13-15-16-17-18-19-20-22-24-26-28-31-39-35(37)36-30-32-38-34(33-36)29-27-25-23-21-14-12-10-8-6-4-2/h16-17,34H,3-15,18-33H2,1-2H3/b17-16-. The molecule has 1 amide bonds. The highest BCUT2D eigenvalue weighted by Crippen LogP contribution is 2.16. The van der Waals surface area contributed by atoms with Gasteiger partial charge in [-0.25, -0.2) is 4.79 Å². The van der Waals surface area contributed by atoms with Crippen LogP contribution in [0.25, 0.3) is 0 Å². The highest BCUT2D eigenvalue weighted by molar-refractivity contribution is 5.67. The van der Waals surface area contributed by atoms with Crippen LogP contribution in [-0.2, 0) is 9.47 Å². The van der Waals surface area contributed by atoms with Crippen molar-refractivity contribution in [3.8, 4) is 0 Å². The molecule has 1 fully saturated rings. The Morgan fingerprint density at radius 1 is 0.667 bits per heavy atom. The number of hydrogen-bond donors (Lipinski definition) is 0. The molecule has 1 saturated heterocycles. The van der Waals surface area contributed by atoms with Crippen LogP contribution in [0.15, 0.2) is 12.2 Å². The lowest BCUT2D eigenvalue weighted by atomic mass is 10.0. The van der Waals surface area contributed by atoms with Gasteiger partial charge in [0.15, 0.2) is 0 Å². The van der Waals surface area contributed by atoms with Crippen molar-refractivity contribution in [3.05, 3.63) is 12.2 Å². The maximum absolute atomic E-state index is 12.5. The molecule has 0 saturated carbocycles. The zero-order chi connectivity index (χ0) is 28.1. The van der Waals surface area contributed by atoms with Crippen molar-refractivity contribution in [1.82, 2.24) is 4.90 Å². The highest BCUT2D eigenvalue weighted by atomic mass is 16.6. The minimum absolute atomic E-state index is 0.140. The summed E-state index contributed by atoms with van der Waals surface area (Å²) in [5.41, 5.74) is 0. The number of nitrogens with zero attached hydrogens (tertiary/aromatic N) is 1. The van der Waals surface area contributed by atoms with Crippen molar-refractivity contribution in [2.24, 2.45) is 0 Å². The summed E-state index contributed by atoms with van der Waals surface area (Å²) >= 11 is 0. The van der Waals surface area contributed by atoms with Gasteiger partial charge in [0.25, 0.3) is 0 Å². The average molecular weight is 550 g/mol. The Kier molecular flexibility index (Phi) is 26.3. The molecule has 1 aliphatic rings. The Balaban J connectivity index is 1.89. The number of hydrogen-bond acceptors (Lipinski definition) is 3. The van der Waals surface area contributed by atoms with E-state index in [1.54, 1.807) is 0 Å². The second-order valence-electron chi connectivity index (χ2n) is 12.0. The number of morpholine rings is 1. The van der Waals surface area contributed by atoms with E-state index in [0.29, 0.717) is 26.3 Å². The molecule has 0 aliphatic carbocycles. The molecule has 0 N–H and O–H groups in total. The third-order valence-electron chi connectivity index (χ3n) is 8.16. The topological polar surface area (TPSA) is 38.8 Å². The quantitative estimate of drug-likeness (QED) is 0.0755. The molecule has 1 heterocycles. The van der Waals surface area contributed by atoms with Crippen LogP contribution in [0, 0.1) is 0 Å². The summed E-state index contributed by atoms with van der Waals surface area (Å²) in [4.78, 5) is 14.4. The number of ether oxygens (including phenoxy) is 2. The fourth-order valence-electron chi connectivity index (χ4n) is 5.52. The monoisotopic (exact) mass is 550 g/mol. The van der Waals surface area contributed by atoms with Crippen molar-refractivity contribution in [2.75, 3.05) is 26.3 Å². The highest BCUT2D eigenvalue weighted by Gasteiger charge is 2.24. The van der Waals surface area contributed by atoms with Gasteiger partial charge in [0.2, 0.25) is 0 Å². The number of unbranched alkanes of at least 4 members (excludes halogenated alkanes) is 21. The zero-order valence-electron chi connectivity index (χ0n) is 26.4. The largest absolute Gasteiger partial charge is 0.449 e. The van der Waals surface area contributed by atoms with Crippen molar-refractivity contribution in [3.63, 3.8) is 0 Å². The molecule has 0 aromatic heterocycles. The first-order valence-corrected chi connectivity index (χ1v) is 17.5. The molecular formula is C35H67NO3. The van der Waals surface area contributed by atoms with E-state index in [1.165, 1.54) is 141 Å². The third kappa shape index (κ3) is 23.4. The van der Waals surface area contributed by atoms with Gasteiger partial charge >= 0.3 is 6.09 Å². The van der Waals surface area contributed by atoms with Crippen LogP contribution in [0.4, 0.5) is 4.79 Å². The van der Waals surface area contributed by atoms with E-state index in [9.17, 15) is 4.79 Å². The first-order chi connectivity index (χ1) is 19.3. The third-order valence-corrected chi connectivity index (χ3v) is 8.16. The maximum Gasteiger partial charge on any atom is 0.409 e. The van der Waals surface area contributed by atoms with E-state index in [0.717, 1.165) is 19.3 Å². The second kappa shape index (κ2) is 28.5. The molecule has 4 nitrogen and oxygen atoms in total. The van der Waals surface area contributed by atoms with E-state index in [-0.39, 0.29) is 12.2 Å². The molecular weight excluding hydrogens is 482 g/mol. The van der Waals surface area contributed by atoms with Gasteiger partial charge in [-0.1, -0.05) is 148 Å². The molecule has 0 bridgehead atoms. The van der Waals surface area contributed by atoms with Crippen LogP contribution >= 0.6 is 0 Å². The summed E-state index contributed by atoms with van der Waals surface area (Å²) < 4.78 is 11.5. The van der Waals surface area contributed by atoms with Crippen LogP contribution in [-0.4, -0.2) is 43.4 Å². The van der Waals surface area contributed by atoms with E-state index < -0.39 is 0 Å². The Bertz CT molecular complexity index is 550. The molecule has 39 heavy (non-hydrogen) atoms. The Labute approximate surface area is 244 Å². The fourth-order valence-corrected chi connectivity index (χ4v) is 5.52. The molecule has 0 aromatic rings. The van der Waals surface area contributed by atoms with Gasteiger partial charge in [-0.15, -0.1) is 0 Å². The van der Waals surface area contributed by atoms with Gasteiger partial charge in [0, 0.05) is 6.54 Å². The second-order valence-corrected chi connectivity index (χ2v) is 12.0. The van der Waals surface area contributed by atoms with Crippen LogP contribution in [0.5, 0.6) is 0 Å². The first-order valence-electron chi connectivity index (χ1n) is 17.5. The fraction of sp³-hybridized carbons (Fsp3) is 0.914. The molecule has 1 aliphatic heterocycles. The molecule has 1 unspecified atom stereocenters. The number of carbonyl (C=O) groups excluding carboxylic acids is 1. The minimum atomic E-state index is -0.140. The van der Waals surface area contributed by atoms with Gasteiger partial charge in [-0.3, -0.25) is 0 Å². The number of rotatable bonds is 27. The Hall–Kier alpha value is -1.03. The predicted octanol–water partition coefficient (Wildman–Crippen LogP) is 11.2. The van der Waals surface area contributed by atoms with Gasteiger partial charge in [-0.2, -0.15) is 0 Å². The Morgan fingerprint density at radius 3 is 1.67 bits per heavy atom. The van der Waals surface area contributed by atoms with E-state index in [2.05, 4.69) is 26.0 Å². The molecule has 0 spiro atoms. The first kappa shape index (κ1) is 36.0. The summed E-state index contributed by atoms with van der Waals surface area (Å²) in [6.45, 7) is 7.12. The van der Waals surface area contributed by atoms with E-state index in [1.807, 2.05) is 4.90 Å². The van der Waals surface area contributed by atoms with Crippen LogP contribution < -0.4 is 0 Å². The smallest absolute Gasteiger partial charge is 0.409 e. The Morgan fingerprint density at radius 2 is 1.13 bits per heavy atom. The van der Waals surface area contributed by atoms with Crippen molar-refractivity contribution >= 4 is 6.09 Å². The van der Waals surface area contributed by atoms with Gasteiger partial charge in [-0.05, 0) is 38.5 Å². The van der Waals surface area contributed by atoms with E-state index in [4.69, 9.17) is 9.47 Å². The van der Waals surface area contributed by atoms with Crippen molar-refractivity contribution in [2.45, 2.75) is 180 Å². The van der Waals surface area contributed by atoms with Crippen molar-refractivity contribution in [1.29, 1.82) is 0 Å². The molecule has 0 aromatic carbocycles. The van der Waals surface area contributed by atoms with Crippen LogP contribution in [0.3, 0.4) is 0 Å². The molecule has 1 atom stereocenters. The lowest BCUT2D eigenvalue weighted by Gasteiger charge is -2.32. The summed E-state index contributed by atoms with van der Waals surface area (Å²) in [6, 6.07) is 0. The van der Waals surface area contributed by atoms with Crippen LogP contribution in [0.1, 0.15) is 174 Å². The van der Waals surface area contributed by atoms with Gasteiger partial charge in [0.1, 0.15) is 0 Å². The van der Waals surface area contributed by atoms with Gasteiger partial charge < -0.3 is 14.4 Å². The van der Waals surface area contributed by atoms with Crippen molar-refractivity contribution < 1.29 is 14.3 Å². The number of amides is 1. The SMILES string of the molecule is CCCCCCCC/C=C\CCCCCCCCOC(=O)N1CCOC(CCCCCCCCCCCC)C1. The zero-order valence-corrected chi connectivity index (χ0v) is 26.4. The summed E-state index contributed by atoms with van der Waals surface area (Å²) in [5, 5.41) is 0. The minimum Gasteiger partial charge on any atom is -0.449 e. The number of allylic oxidation sites excluding steroid dienone is 2. The predicted molar refractivity (Wildman–Crippen MR) is 169 cm³/mol.